The third-order valence-corrected chi connectivity index (χ3v) is 6.10. The highest BCUT2D eigenvalue weighted by atomic mass is 16.7. The zero-order valence-corrected chi connectivity index (χ0v) is 17.0. The number of hydrogen-bond acceptors (Lipinski definition) is 3. The number of aryl methyl sites for hydroxylation is 1. The Labute approximate surface area is 162 Å². The minimum Gasteiger partial charge on any atom is -0.370 e. The molecular formula is C24H29NO2. The third-order valence-electron chi connectivity index (χ3n) is 6.10. The summed E-state index contributed by atoms with van der Waals surface area (Å²) < 4.78 is 0. The SMILES string of the molecule is C=C(c1ccc(C(=O)ON)cc1)c1cc2c(cc1C)C(C)(C)CCC2(C)C. The molecule has 2 aromatic rings. The van der Waals surface area contributed by atoms with Crippen LogP contribution in [0.2, 0.25) is 0 Å². The predicted molar refractivity (Wildman–Crippen MR) is 111 cm³/mol. The molecule has 0 heterocycles. The fourth-order valence-corrected chi connectivity index (χ4v) is 4.08. The summed E-state index contributed by atoms with van der Waals surface area (Å²) in [4.78, 5) is 15.8. The van der Waals surface area contributed by atoms with Gasteiger partial charge in [0.2, 0.25) is 0 Å². The average molecular weight is 364 g/mol. The normalized spacial score (nSPS) is 17.1. The lowest BCUT2D eigenvalue weighted by Gasteiger charge is -2.42. The van der Waals surface area contributed by atoms with E-state index in [0.717, 1.165) is 16.7 Å². The summed E-state index contributed by atoms with van der Waals surface area (Å²) in [5.74, 6) is 4.42. The second kappa shape index (κ2) is 6.65. The van der Waals surface area contributed by atoms with Crippen molar-refractivity contribution in [3.63, 3.8) is 0 Å². The van der Waals surface area contributed by atoms with Gasteiger partial charge in [-0.3, -0.25) is 0 Å². The van der Waals surface area contributed by atoms with Crippen LogP contribution in [0.1, 0.15) is 78.7 Å². The number of carbonyl (C=O) groups excluding carboxylic acids is 1. The van der Waals surface area contributed by atoms with Gasteiger partial charge in [0.05, 0.1) is 5.56 Å². The monoisotopic (exact) mass is 363 g/mol. The van der Waals surface area contributed by atoms with Gasteiger partial charge in [-0.15, -0.1) is 0 Å². The topological polar surface area (TPSA) is 52.3 Å². The van der Waals surface area contributed by atoms with E-state index in [4.69, 9.17) is 5.90 Å². The van der Waals surface area contributed by atoms with Crippen molar-refractivity contribution in [2.24, 2.45) is 5.90 Å². The highest BCUT2D eigenvalue weighted by Gasteiger charge is 2.37. The number of rotatable bonds is 3. The molecule has 27 heavy (non-hydrogen) atoms. The van der Waals surface area contributed by atoms with Gasteiger partial charge in [0.1, 0.15) is 0 Å². The Morgan fingerprint density at radius 3 is 1.96 bits per heavy atom. The van der Waals surface area contributed by atoms with Crippen LogP contribution in [0.3, 0.4) is 0 Å². The molecule has 0 spiro atoms. The lowest BCUT2D eigenvalue weighted by molar-refractivity contribution is 0.0503. The molecule has 3 nitrogen and oxygen atoms in total. The first-order valence-electron chi connectivity index (χ1n) is 9.43. The average Bonchev–Trinajstić information content (AvgIpc) is 2.64. The molecule has 0 unspecified atom stereocenters. The lowest BCUT2D eigenvalue weighted by atomic mass is 9.62. The Morgan fingerprint density at radius 2 is 1.44 bits per heavy atom. The molecule has 0 saturated heterocycles. The van der Waals surface area contributed by atoms with Gasteiger partial charge >= 0.3 is 5.97 Å². The second-order valence-electron chi connectivity index (χ2n) is 8.94. The standard InChI is InChI=1S/C24H29NO2/c1-15-13-20-21(24(5,6)12-11-23(20,3)4)14-19(15)16(2)17-7-9-18(10-8-17)22(26)27-25/h7-10,13-14H,2,11-12,25H2,1,3-6H3. The van der Waals surface area contributed by atoms with Crippen LogP contribution in [0, 0.1) is 6.92 Å². The minimum atomic E-state index is -0.541. The maximum atomic E-state index is 11.5. The summed E-state index contributed by atoms with van der Waals surface area (Å²) in [6, 6.07) is 11.9. The van der Waals surface area contributed by atoms with E-state index >= 15 is 0 Å². The molecule has 142 valence electrons. The largest absolute Gasteiger partial charge is 0.370 e. The van der Waals surface area contributed by atoms with Crippen LogP contribution in [-0.2, 0) is 15.7 Å². The molecule has 0 aliphatic heterocycles. The summed E-state index contributed by atoms with van der Waals surface area (Å²) in [6.07, 6.45) is 2.38. The fraction of sp³-hybridized carbons (Fsp3) is 0.375. The van der Waals surface area contributed by atoms with Gasteiger partial charge in [0, 0.05) is 0 Å². The van der Waals surface area contributed by atoms with Crippen molar-refractivity contribution < 1.29 is 9.63 Å². The zero-order valence-electron chi connectivity index (χ0n) is 17.0. The van der Waals surface area contributed by atoms with Crippen molar-refractivity contribution in [3.8, 4) is 0 Å². The molecule has 0 atom stereocenters. The Hall–Kier alpha value is -2.39. The van der Waals surface area contributed by atoms with Crippen LogP contribution in [0.5, 0.6) is 0 Å². The molecular weight excluding hydrogens is 334 g/mol. The van der Waals surface area contributed by atoms with E-state index in [9.17, 15) is 4.79 Å². The van der Waals surface area contributed by atoms with Gasteiger partial charge in [-0.25, -0.2) is 4.79 Å². The van der Waals surface area contributed by atoms with Gasteiger partial charge in [-0.05, 0) is 76.1 Å². The highest BCUT2D eigenvalue weighted by Crippen LogP contribution is 2.47. The molecule has 1 aliphatic carbocycles. The zero-order chi connectivity index (χ0) is 20.0. The molecule has 3 heteroatoms. The summed E-state index contributed by atoms with van der Waals surface area (Å²) in [5, 5.41) is 0. The van der Waals surface area contributed by atoms with Gasteiger partial charge < -0.3 is 4.84 Å². The van der Waals surface area contributed by atoms with E-state index in [1.807, 2.05) is 12.1 Å². The molecule has 2 aromatic carbocycles. The maximum Gasteiger partial charge on any atom is 0.356 e. The quantitative estimate of drug-likeness (QED) is 0.739. The van der Waals surface area contributed by atoms with Crippen molar-refractivity contribution >= 4 is 11.5 Å². The van der Waals surface area contributed by atoms with E-state index in [1.165, 1.54) is 29.5 Å². The van der Waals surface area contributed by atoms with Gasteiger partial charge in [0.15, 0.2) is 0 Å². The number of carbonyl (C=O) groups is 1. The predicted octanol–water partition coefficient (Wildman–Crippen LogP) is 5.44. The van der Waals surface area contributed by atoms with Crippen LogP contribution in [0.4, 0.5) is 0 Å². The number of nitrogens with two attached hydrogens (primary N) is 1. The lowest BCUT2D eigenvalue weighted by Crippen LogP contribution is -2.34. The van der Waals surface area contributed by atoms with Crippen LogP contribution in [0.15, 0.2) is 43.0 Å². The van der Waals surface area contributed by atoms with Crippen LogP contribution >= 0.6 is 0 Å². The van der Waals surface area contributed by atoms with E-state index in [2.05, 4.69) is 58.2 Å². The first-order valence-corrected chi connectivity index (χ1v) is 9.43. The molecule has 1 aliphatic rings. The summed E-state index contributed by atoms with van der Waals surface area (Å²) in [7, 11) is 0. The number of fused-ring (bicyclic) bond motifs is 1. The van der Waals surface area contributed by atoms with Crippen molar-refractivity contribution in [2.75, 3.05) is 0 Å². The van der Waals surface area contributed by atoms with E-state index in [0.29, 0.717) is 5.56 Å². The van der Waals surface area contributed by atoms with Crippen LogP contribution in [0.25, 0.3) is 5.57 Å². The Kier molecular flexibility index (Phi) is 4.77. The Bertz CT molecular complexity index is 905. The smallest absolute Gasteiger partial charge is 0.356 e. The molecule has 3 rings (SSSR count). The molecule has 0 bridgehead atoms. The molecule has 2 N–H and O–H groups in total. The molecule has 0 radical (unpaired) electrons. The first-order chi connectivity index (χ1) is 12.6. The molecule has 0 aromatic heterocycles. The number of benzene rings is 2. The highest BCUT2D eigenvalue weighted by molar-refractivity contribution is 5.90. The van der Waals surface area contributed by atoms with Gasteiger partial charge in [0.25, 0.3) is 0 Å². The number of hydrogen-bond donors (Lipinski definition) is 1. The molecule has 0 fully saturated rings. The molecule has 0 saturated carbocycles. The summed E-state index contributed by atoms with van der Waals surface area (Å²) in [5.41, 5.74) is 7.99. The summed E-state index contributed by atoms with van der Waals surface area (Å²) >= 11 is 0. The van der Waals surface area contributed by atoms with Crippen molar-refractivity contribution in [2.45, 2.75) is 58.3 Å². The van der Waals surface area contributed by atoms with E-state index < -0.39 is 5.97 Å². The third kappa shape index (κ3) is 3.44. The van der Waals surface area contributed by atoms with Crippen molar-refractivity contribution in [1.29, 1.82) is 0 Å². The van der Waals surface area contributed by atoms with E-state index in [1.54, 1.807) is 12.1 Å². The maximum absolute atomic E-state index is 11.5. The van der Waals surface area contributed by atoms with E-state index in [-0.39, 0.29) is 10.8 Å². The van der Waals surface area contributed by atoms with Crippen LogP contribution < -0.4 is 5.90 Å². The van der Waals surface area contributed by atoms with Crippen molar-refractivity contribution in [3.05, 3.63) is 76.4 Å². The van der Waals surface area contributed by atoms with Crippen LogP contribution in [-0.4, -0.2) is 5.97 Å². The molecule has 0 amide bonds. The van der Waals surface area contributed by atoms with Gasteiger partial charge in [-0.2, -0.15) is 5.90 Å². The second-order valence-corrected chi connectivity index (χ2v) is 8.94. The fourth-order valence-electron chi connectivity index (χ4n) is 4.08. The Morgan fingerprint density at radius 1 is 0.963 bits per heavy atom. The summed E-state index contributed by atoms with van der Waals surface area (Å²) in [6.45, 7) is 15.8. The van der Waals surface area contributed by atoms with Crippen molar-refractivity contribution in [1.82, 2.24) is 0 Å². The first kappa shape index (κ1) is 19.4. The van der Waals surface area contributed by atoms with Gasteiger partial charge in [-0.1, -0.05) is 58.5 Å². The minimum absolute atomic E-state index is 0.155. The Balaban J connectivity index is 2.05.